The molecule has 30 heavy (non-hydrogen) atoms. The van der Waals surface area contributed by atoms with Gasteiger partial charge in [0.25, 0.3) is 5.69 Å². The molecule has 1 N–H and O–H groups in total. The summed E-state index contributed by atoms with van der Waals surface area (Å²) in [5.74, 6) is 1.82. The molecule has 2 saturated heterocycles. The van der Waals surface area contributed by atoms with Crippen LogP contribution < -0.4 is 10.2 Å². The molecule has 164 valence electrons. The predicted octanol–water partition coefficient (Wildman–Crippen LogP) is 3.27. The van der Waals surface area contributed by atoms with Crippen molar-refractivity contribution in [3.63, 3.8) is 0 Å². The number of rotatable bonds is 5. The minimum Gasteiger partial charge on any atom is -0.444 e. The van der Waals surface area contributed by atoms with Gasteiger partial charge in [-0.15, -0.1) is 0 Å². The number of carbonyl (C=O) groups is 1. The second kappa shape index (κ2) is 8.06. The zero-order valence-electron chi connectivity index (χ0n) is 18.0. The van der Waals surface area contributed by atoms with E-state index >= 15 is 0 Å². The van der Waals surface area contributed by atoms with E-state index < -0.39 is 5.60 Å². The second-order valence-corrected chi connectivity index (χ2v) is 9.92. The fourth-order valence-corrected chi connectivity index (χ4v) is 4.94. The van der Waals surface area contributed by atoms with Crippen molar-refractivity contribution in [1.82, 2.24) is 10.2 Å². The third-order valence-electron chi connectivity index (χ3n) is 6.51. The maximum Gasteiger partial charge on any atom is 0.407 e. The van der Waals surface area contributed by atoms with Gasteiger partial charge in [-0.1, -0.05) is 0 Å². The van der Waals surface area contributed by atoms with Crippen molar-refractivity contribution in [1.29, 1.82) is 0 Å². The Bertz CT molecular complexity index is 771. The van der Waals surface area contributed by atoms with E-state index in [2.05, 4.69) is 15.1 Å². The lowest BCUT2D eigenvalue weighted by Gasteiger charge is -2.35. The van der Waals surface area contributed by atoms with Crippen LogP contribution in [0.4, 0.5) is 16.2 Å². The van der Waals surface area contributed by atoms with Crippen molar-refractivity contribution in [3.05, 3.63) is 34.4 Å². The summed E-state index contributed by atoms with van der Waals surface area (Å²) >= 11 is 0. The largest absolute Gasteiger partial charge is 0.444 e. The first-order valence-corrected chi connectivity index (χ1v) is 10.9. The first kappa shape index (κ1) is 20.9. The summed E-state index contributed by atoms with van der Waals surface area (Å²) in [5.41, 5.74) is 0.752. The SMILES string of the molecule is CC(C)(C)OC(=O)NC1[C@H]2CN(CC3CCN(c4ccc([N+](=O)[O-])cc4)CC3)C[C@@H]12. The zero-order chi connectivity index (χ0) is 21.5. The number of likely N-dealkylation sites (tertiary alicyclic amines) is 1. The number of piperidine rings is 2. The number of alkyl carbamates (subject to hydrolysis) is 1. The second-order valence-electron chi connectivity index (χ2n) is 9.92. The standard InChI is InChI=1S/C22H32N4O4/c1-22(2,3)30-21(27)23-20-18-13-24(14-19(18)20)12-15-8-10-25(11-9-15)16-4-6-17(7-5-16)26(28)29/h4-7,15,18-20H,8-14H2,1-3H3,(H,23,27)/t18-,19+,20?. The van der Waals surface area contributed by atoms with Crippen LogP contribution in [0.5, 0.6) is 0 Å². The number of nitro benzene ring substituents is 1. The van der Waals surface area contributed by atoms with Crippen molar-refractivity contribution >= 4 is 17.5 Å². The maximum atomic E-state index is 12.0. The molecule has 1 amide bonds. The highest BCUT2D eigenvalue weighted by Crippen LogP contribution is 2.46. The third-order valence-corrected chi connectivity index (χ3v) is 6.51. The van der Waals surface area contributed by atoms with Gasteiger partial charge in [0.15, 0.2) is 0 Å². The molecule has 8 heteroatoms. The number of fused-ring (bicyclic) bond motifs is 1. The summed E-state index contributed by atoms with van der Waals surface area (Å²) in [7, 11) is 0. The van der Waals surface area contributed by atoms with Crippen LogP contribution in [0.2, 0.25) is 0 Å². The number of benzene rings is 1. The number of nitrogens with zero attached hydrogens (tertiary/aromatic N) is 3. The van der Waals surface area contributed by atoms with Crippen LogP contribution in [-0.4, -0.2) is 60.3 Å². The van der Waals surface area contributed by atoms with E-state index in [9.17, 15) is 14.9 Å². The molecule has 3 atom stereocenters. The Balaban J connectivity index is 1.17. The van der Waals surface area contributed by atoms with Gasteiger partial charge in [-0.2, -0.15) is 0 Å². The molecule has 4 rings (SSSR count). The molecule has 0 aromatic heterocycles. The molecule has 1 aromatic rings. The molecule has 2 aliphatic heterocycles. The molecule has 8 nitrogen and oxygen atoms in total. The molecule has 1 unspecified atom stereocenters. The summed E-state index contributed by atoms with van der Waals surface area (Å²) in [6.07, 6.45) is 1.98. The quantitative estimate of drug-likeness (QED) is 0.586. The average molecular weight is 417 g/mol. The number of ether oxygens (including phenoxy) is 1. The monoisotopic (exact) mass is 416 g/mol. The van der Waals surface area contributed by atoms with Crippen LogP contribution >= 0.6 is 0 Å². The van der Waals surface area contributed by atoms with E-state index in [1.165, 1.54) is 0 Å². The van der Waals surface area contributed by atoms with E-state index in [1.54, 1.807) is 12.1 Å². The molecule has 2 heterocycles. The summed E-state index contributed by atoms with van der Waals surface area (Å²) < 4.78 is 5.37. The van der Waals surface area contributed by atoms with Crippen LogP contribution in [0.25, 0.3) is 0 Å². The zero-order valence-corrected chi connectivity index (χ0v) is 18.0. The van der Waals surface area contributed by atoms with E-state index in [1.807, 2.05) is 32.9 Å². The Kier molecular flexibility index (Phi) is 5.61. The van der Waals surface area contributed by atoms with E-state index in [0.29, 0.717) is 17.8 Å². The van der Waals surface area contributed by atoms with Gasteiger partial charge < -0.3 is 19.9 Å². The topological polar surface area (TPSA) is 88.0 Å². The summed E-state index contributed by atoms with van der Waals surface area (Å²) in [4.78, 5) is 27.3. The first-order valence-electron chi connectivity index (χ1n) is 10.9. The molecule has 1 aliphatic carbocycles. The van der Waals surface area contributed by atoms with Gasteiger partial charge in [-0.05, 0) is 63.5 Å². The fraction of sp³-hybridized carbons (Fsp3) is 0.682. The van der Waals surface area contributed by atoms with Crippen LogP contribution in [0, 0.1) is 27.9 Å². The van der Waals surface area contributed by atoms with Gasteiger partial charge in [0, 0.05) is 56.6 Å². The number of hydrogen-bond donors (Lipinski definition) is 1. The number of nitro groups is 1. The highest BCUT2D eigenvalue weighted by molar-refractivity contribution is 5.68. The molecule has 0 bridgehead atoms. The lowest BCUT2D eigenvalue weighted by Crippen LogP contribution is -2.41. The fourth-order valence-electron chi connectivity index (χ4n) is 4.94. The number of anilines is 1. The minimum atomic E-state index is -0.455. The number of non-ortho nitro benzene ring substituents is 1. The van der Waals surface area contributed by atoms with Gasteiger partial charge in [0.1, 0.15) is 5.60 Å². The maximum absolute atomic E-state index is 12.0. The van der Waals surface area contributed by atoms with Crippen LogP contribution in [0.15, 0.2) is 24.3 Å². The van der Waals surface area contributed by atoms with Crippen molar-refractivity contribution < 1.29 is 14.5 Å². The van der Waals surface area contributed by atoms with Crippen LogP contribution in [-0.2, 0) is 4.74 Å². The Morgan fingerprint density at radius 3 is 2.30 bits per heavy atom. The Hall–Kier alpha value is -2.35. The Labute approximate surface area is 177 Å². The van der Waals surface area contributed by atoms with Crippen molar-refractivity contribution in [2.45, 2.75) is 45.3 Å². The molecule has 3 fully saturated rings. The van der Waals surface area contributed by atoms with Crippen molar-refractivity contribution in [2.75, 3.05) is 37.6 Å². The molecule has 0 spiro atoms. The molecular formula is C22H32N4O4. The molecule has 1 saturated carbocycles. The van der Waals surface area contributed by atoms with E-state index in [4.69, 9.17) is 4.74 Å². The smallest absolute Gasteiger partial charge is 0.407 e. The van der Waals surface area contributed by atoms with Gasteiger partial charge in [0.2, 0.25) is 0 Å². The third kappa shape index (κ3) is 4.86. The summed E-state index contributed by atoms with van der Waals surface area (Å²) in [5, 5.41) is 13.8. The van der Waals surface area contributed by atoms with Crippen molar-refractivity contribution in [3.8, 4) is 0 Å². The van der Waals surface area contributed by atoms with Crippen LogP contribution in [0.3, 0.4) is 0 Å². The molecule has 1 aromatic carbocycles. The number of carbonyl (C=O) groups excluding carboxylic acids is 1. The van der Waals surface area contributed by atoms with Gasteiger partial charge >= 0.3 is 6.09 Å². The number of amides is 1. The molecule has 0 radical (unpaired) electrons. The predicted molar refractivity (Wildman–Crippen MR) is 115 cm³/mol. The lowest BCUT2D eigenvalue weighted by molar-refractivity contribution is -0.384. The first-order chi connectivity index (χ1) is 14.2. The van der Waals surface area contributed by atoms with E-state index in [0.717, 1.165) is 51.3 Å². The highest BCUT2D eigenvalue weighted by Gasteiger charge is 2.56. The van der Waals surface area contributed by atoms with E-state index in [-0.39, 0.29) is 22.7 Å². The molecule has 3 aliphatic rings. The van der Waals surface area contributed by atoms with Gasteiger partial charge in [-0.3, -0.25) is 10.1 Å². The lowest BCUT2D eigenvalue weighted by atomic mass is 9.95. The minimum absolute atomic E-state index is 0.140. The highest BCUT2D eigenvalue weighted by atomic mass is 16.6. The van der Waals surface area contributed by atoms with Gasteiger partial charge in [-0.25, -0.2) is 4.79 Å². The molecular weight excluding hydrogens is 384 g/mol. The summed E-state index contributed by atoms with van der Waals surface area (Å²) in [6, 6.07) is 7.15. The Morgan fingerprint density at radius 1 is 1.17 bits per heavy atom. The average Bonchev–Trinajstić information content (AvgIpc) is 3.10. The van der Waals surface area contributed by atoms with Gasteiger partial charge in [0.05, 0.1) is 4.92 Å². The number of hydrogen-bond acceptors (Lipinski definition) is 6. The number of nitrogens with one attached hydrogen (secondary N) is 1. The van der Waals surface area contributed by atoms with Crippen molar-refractivity contribution in [2.24, 2.45) is 17.8 Å². The summed E-state index contributed by atoms with van der Waals surface area (Å²) in [6.45, 7) is 10.9. The Morgan fingerprint density at radius 2 is 1.77 bits per heavy atom. The normalized spacial score (nSPS) is 26.9. The van der Waals surface area contributed by atoms with Crippen LogP contribution in [0.1, 0.15) is 33.6 Å².